The molecule has 1 amide bonds. The third kappa shape index (κ3) is 6.45. The van der Waals surface area contributed by atoms with Gasteiger partial charge in [0.2, 0.25) is 11.9 Å². The number of nitrogens with two attached hydrogens (primary N) is 3. The summed E-state index contributed by atoms with van der Waals surface area (Å²) in [5.74, 6) is -0.621. The van der Waals surface area contributed by atoms with Crippen LogP contribution in [0.2, 0.25) is 0 Å². The molecule has 0 bridgehead atoms. The van der Waals surface area contributed by atoms with Gasteiger partial charge in [0.15, 0.2) is 17.7 Å². The van der Waals surface area contributed by atoms with Crippen molar-refractivity contribution in [1.29, 1.82) is 0 Å². The molecule has 0 saturated carbocycles. The van der Waals surface area contributed by atoms with Crippen LogP contribution in [0.5, 0.6) is 0 Å². The number of aryl methyl sites for hydroxylation is 1. The number of carbonyl (C=O) groups excluding carboxylic acids is 1. The fourth-order valence-electron chi connectivity index (χ4n) is 4.10. The number of hydrogen-bond acceptors (Lipinski definition) is 12. The lowest BCUT2D eigenvalue weighted by atomic mass is 10.1. The molecular weight excluding hydrogens is 544 g/mol. The van der Waals surface area contributed by atoms with E-state index in [2.05, 4.69) is 30.0 Å². The van der Waals surface area contributed by atoms with Gasteiger partial charge in [-0.25, -0.2) is 28.1 Å². The quantitative estimate of drug-likeness (QED) is 0.0774. The van der Waals surface area contributed by atoms with E-state index in [0.29, 0.717) is 17.6 Å². The standard InChI is InChI=1S/C23H32N10O6S/c1-12-4-6-13(7-5-12)40(37,38)32-23(26)27-8-2-3-14(24)21(36)28-9-15-17(34)18(35)22(39-15)33-11-31-16-19(25)29-10-30-20(16)33/h4-7,10-11,14-15,17-18,22,34-35H,2-3,8-9,24H2,1H3,(H,28,36)(H2,25,29,30)(H3,26,27,32)/t14-,15-,17-,18-,22-/m1/s1. The minimum atomic E-state index is -3.86. The SMILES string of the molecule is Cc1ccc(S(=O)(=O)NC(N)=NCCC[C@@H](N)C(=O)NC[C@H]2O[C@@H](n3cnc4c(N)ncnc43)[C@H](O)[C@@H]2O)cc1. The maximum Gasteiger partial charge on any atom is 0.264 e. The predicted octanol–water partition coefficient (Wildman–Crippen LogP) is -2.15. The van der Waals surface area contributed by atoms with E-state index in [1.54, 1.807) is 12.1 Å². The molecule has 0 aliphatic carbocycles. The third-order valence-corrected chi connectivity index (χ3v) is 7.71. The van der Waals surface area contributed by atoms with Gasteiger partial charge in [0.25, 0.3) is 10.0 Å². The Bertz CT molecular complexity index is 1480. The molecule has 2 aromatic heterocycles. The summed E-state index contributed by atoms with van der Waals surface area (Å²) in [6, 6.07) is 5.36. The first kappa shape index (κ1) is 29.1. The van der Waals surface area contributed by atoms with Crippen molar-refractivity contribution >= 4 is 38.9 Å². The van der Waals surface area contributed by atoms with Crippen molar-refractivity contribution in [2.75, 3.05) is 18.8 Å². The molecule has 216 valence electrons. The molecule has 0 radical (unpaired) electrons. The molecule has 17 heteroatoms. The van der Waals surface area contributed by atoms with Gasteiger partial charge in [-0.15, -0.1) is 0 Å². The van der Waals surface area contributed by atoms with E-state index in [1.165, 1.54) is 29.4 Å². The van der Waals surface area contributed by atoms with Crippen molar-refractivity contribution in [3.05, 3.63) is 42.5 Å². The normalized spacial score (nSPS) is 22.4. The van der Waals surface area contributed by atoms with Gasteiger partial charge in [-0.1, -0.05) is 17.7 Å². The van der Waals surface area contributed by atoms with Crippen molar-refractivity contribution in [1.82, 2.24) is 29.6 Å². The molecule has 3 aromatic rings. The lowest BCUT2D eigenvalue weighted by Crippen LogP contribution is -2.46. The number of ether oxygens (including phenoxy) is 1. The summed E-state index contributed by atoms with van der Waals surface area (Å²) in [7, 11) is -3.86. The van der Waals surface area contributed by atoms with Crippen LogP contribution in [0.15, 0.2) is 46.8 Å². The van der Waals surface area contributed by atoms with Crippen LogP contribution in [0.1, 0.15) is 24.6 Å². The highest BCUT2D eigenvalue weighted by Gasteiger charge is 2.44. The number of benzene rings is 1. The van der Waals surface area contributed by atoms with Gasteiger partial charge < -0.3 is 37.5 Å². The van der Waals surface area contributed by atoms with Crippen LogP contribution in [0.25, 0.3) is 11.2 Å². The zero-order valence-electron chi connectivity index (χ0n) is 21.6. The summed E-state index contributed by atoms with van der Waals surface area (Å²) in [6.07, 6.45) is -1.38. The van der Waals surface area contributed by atoms with E-state index in [-0.39, 0.29) is 36.2 Å². The van der Waals surface area contributed by atoms with Crippen molar-refractivity contribution in [3.8, 4) is 0 Å². The fraction of sp³-hybridized carbons (Fsp3) is 0.435. The molecule has 10 N–H and O–H groups in total. The molecule has 1 aliphatic rings. The van der Waals surface area contributed by atoms with Crippen LogP contribution in [0, 0.1) is 6.92 Å². The number of amides is 1. The van der Waals surface area contributed by atoms with Crippen LogP contribution in [0.4, 0.5) is 5.82 Å². The third-order valence-electron chi connectivity index (χ3n) is 6.34. The summed E-state index contributed by atoms with van der Waals surface area (Å²) < 4.78 is 34.1. The van der Waals surface area contributed by atoms with Crippen LogP contribution in [0.3, 0.4) is 0 Å². The first-order chi connectivity index (χ1) is 19.0. The van der Waals surface area contributed by atoms with Crippen LogP contribution < -0.4 is 27.2 Å². The number of guanidine groups is 1. The summed E-state index contributed by atoms with van der Waals surface area (Å²) in [6.45, 7) is 1.86. The Hall–Kier alpha value is -3.90. The summed E-state index contributed by atoms with van der Waals surface area (Å²) in [5.41, 5.74) is 19.0. The zero-order valence-corrected chi connectivity index (χ0v) is 22.4. The largest absolute Gasteiger partial charge is 0.387 e. The number of aliphatic imine (C=N–C) groups is 1. The number of nitrogens with one attached hydrogen (secondary N) is 2. The number of nitrogens with zero attached hydrogens (tertiary/aromatic N) is 5. The van der Waals surface area contributed by atoms with E-state index >= 15 is 0 Å². The first-order valence-electron chi connectivity index (χ1n) is 12.3. The number of nitrogen functional groups attached to an aromatic ring is 1. The molecular formula is C23H32N10O6S. The molecule has 1 aromatic carbocycles. The summed E-state index contributed by atoms with van der Waals surface area (Å²) in [4.78, 5) is 28.6. The number of sulfonamides is 1. The van der Waals surface area contributed by atoms with Gasteiger partial charge in [-0.2, -0.15) is 0 Å². The second-order valence-electron chi connectivity index (χ2n) is 9.31. The van der Waals surface area contributed by atoms with E-state index in [4.69, 9.17) is 21.9 Å². The maximum absolute atomic E-state index is 12.5. The number of rotatable bonds is 10. The minimum absolute atomic E-state index is 0.0576. The van der Waals surface area contributed by atoms with Gasteiger partial charge in [0.1, 0.15) is 30.2 Å². The van der Waals surface area contributed by atoms with Crippen LogP contribution in [-0.4, -0.2) is 87.5 Å². The molecule has 1 fully saturated rings. The maximum atomic E-state index is 12.5. The van der Waals surface area contributed by atoms with Gasteiger partial charge in [0.05, 0.1) is 17.3 Å². The highest BCUT2D eigenvalue weighted by Crippen LogP contribution is 2.31. The van der Waals surface area contributed by atoms with Crippen molar-refractivity contribution < 1.29 is 28.2 Å². The van der Waals surface area contributed by atoms with Crippen molar-refractivity contribution in [2.24, 2.45) is 16.5 Å². The lowest BCUT2D eigenvalue weighted by molar-refractivity contribution is -0.123. The van der Waals surface area contributed by atoms with Gasteiger partial charge in [-0.05, 0) is 31.9 Å². The average molecular weight is 577 g/mol. The van der Waals surface area contributed by atoms with E-state index in [1.807, 2.05) is 6.92 Å². The lowest BCUT2D eigenvalue weighted by Gasteiger charge is -2.17. The minimum Gasteiger partial charge on any atom is -0.387 e. The number of aromatic nitrogens is 4. The molecule has 4 rings (SSSR count). The Labute approximate surface area is 229 Å². The Morgan fingerprint density at radius 1 is 1.20 bits per heavy atom. The number of anilines is 1. The second kappa shape index (κ2) is 12.1. The topological polar surface area (TPSA) is 259 Å². The van der Waals surface area contributed by atoms with E-state index in [9.17, 15) is 23.4 Å². The number of imidazole rings is 1. The van der Waals surface area contributed by atoms with E-state index < -0.39 is 46.5 Å². The molecule has 3 heterocycles. The summed E-state index contributed by atoms with van der Waals surface area (Å²) >= 11 is 0. The van der Waals surface area contributed by atoms with Gasteiger partial charge in [-0.3, -0.25) is 14.4 Å². The Balaban J connectivity index is 1.23. The van der Waals surface area contributed by atoms with Crippen LogP contribution in [-0.2, 0) is 19.6 Å². The van der Waals surface area contributed by atoms with Crippen LogP contribution >= 0.6 is 0 Å². The average Bonchev–Trinajstić information content (AvgIpc) is 3.46. The Morgan fingerprint density at radius 2 is 1.93 bits per heavy atom. The molecule has 16 nitrogen and oxygen atoms in total. The number of aliphatic hydroxyl groups excluding tert-OH is 2. The first-order valence-corrected chi connectivity index (χ1v) is 13.8. The zero-order chi connectivity index (χ0) is 29.0. The van der Waals surface area contributed by atoms with Gasteiger partial charge in [0, 0.05) is 13.1 Å². The van der Waals surface area contributed by atoms with Crippen molar-refractivity contribution in [3.63, 3.8) is 0 Å². The Morgan fingerprint density at radius 3 is 2.65 bits per heavy atom. The predicted molar refractivity (Wildman–Crippen MR) is 144 cm³/mol. The fourth-order valence-corrected chi connectivity index (χ4v) is 5.06. The van der Waals surface area contributed by atoms with Gasteiger partial charge >= 0.3 is 0 Å². The molecule has 0 spiro atoms. The molecule has 5 atom stereocenters. The number of fused-ring (bicyclic) bond motifs is 1. The number of aliphatic hydroxyl groups is 2. The smallest absolute Gasteiger partial charge is 0.264 e. The van der Waals surface area contributed by atoms with Crippen molar-refractivity contribution in [2.45, 2.75) is 55.2 Å². The highest BCUT2D eigenvalue weighted by molar-refractivity contribution is 7.90. The Kier molecular flexibility index (Phi) is 8.79. The highest BCUT2D eigenvalue weighted by atomic mass is 32.2. The number of carbonyl (C=O) groups is 1. The van der Waals surface area contributed by atoms with E-state index in [0.717, 1.165) is 5.56 Å². The molecule has 40 heavy (non-hydrogen) atoms. The second-order valence-corrected chi connectivity index (χ2v) is 11.0. The molecule has 1 saturated heterocycles. The molecule has 1 aliphatic heterocycles. The monoisotopic (exact) mass is 576 g/mol. The summed E-state index contributed by atoms with van der Waals surface area (Å²) in [5, 5.41) is 23.6. The number of hydrogen-bond donors (Lipinski definition) is 7. The molecule has 0 unspecified atom stereocenters.